The average molecular weight is 515 g/mol. The summed E-state index contributed by atoms with van der Waals surface area (Å²) in [6.45, 7) is 6.05. The fraction of sp³-hybridized carbons (Fsp3) is 0.760. The molecule has 8 nitrogen and oxygen atoms in total. The molecule has 2 unspecified atom stereocenters. The van der Waals surface area contributed by atoms with Gasteiger partial charge >= 0.3 is 6.18 Å². The molecule has 1 aliphatic carbocycles. The van der Waals surface area contributed by atoms with Crippen molar-refractivity contribution >= 4 is 11.7 Å². The molecule has 2 saturated heterocycles. The van der Waals surface area contributed by atoms with Crippen LogP contribution in [-0.2, 0) is 20.4 Å². The molecular weight excluding hydrogens is 477 g/mol. The van der Waals surface area contributed by atoms with Gasteiger partial charge in [0.05, 0.1) is 29.3 Å². The Morgan fingerprint density at radius 2 is 1.97 bits per heavy atom. The van der Waals surface area contributed by atoms with Gasteiger partial charge in [0.15, 0.2) is 0 Å². The van der Waals surface area contributed by atoms with Crippen molar-refractivity contribution in [1.82, 2.24) is 15.2 Å². The highest BCUT2D eigenvalue weighted by Gasteiger charge is 2.56. The van der Waals surface area contributed by atoms with Gasteiger partial charge in [0.2, 0.25) is 5.91 Å². The number of hydrogen-bond donors (Lipinski definition) is 2. The molecule has 11 heteroatoms. The lowest BCUT2D eigenvalue weighted by atomic mass is 9.70. The van der Waals surface area contributed by atoms with Crippen LogP contribution in [0, 0.1) is 5.41 Å². The van der Waals surface area contributed by atoms with Crippen molar-refractivity contribution < 1.29 is 32.5 Å². The van der Waals surface area contributed by atoms with Crippen molar-refractivity contribution in [2.45, 2.75) is 69.5 Å². The lowest BCUT2D eigenvalue weighted by molar-refractivity contribution is -0.158. The van der Waals surface area contributed by atoms with Crippen molar-refractivity contribution in [3.8, 4) is 0 Å². The maximum Gasteiger partial charge on any atom is 0.416 e. The summed E-state index contributed by atoms with van der Waals surface area (Å²) in [6, 6.07) is 2.20. The molecule has 1 aromatic rings. The fourth-order valence-electron chi connectivity index (χ4n) is 5.85. The molecule has 3 fully saturated rings. The van der Waals surface area contributed by atoms with Gasteiger partial charge in [-0.05, 0) is 51.7 Å². The van der Waals surface area contributed by atoms with E-state index in [2.05, 4.69) is 10.3 Å². The molecule has 4 atom stereocenters. The number of carbonyl (C=O) groups is 1. The highest BCUT2D eigenvalue weighted by atomic mass is 19.4. The van der Waals surface area contributed by atoms with Crippen LogP contribution < -0.4 is 10.2 Å². The lowest BCUT2D eigenvalue weighted by Crippen LogP contribution is -2.59. The number of rotatable bonds is 6. The molecule has 202 valence electrons. The van der Waals surface area contributed by atoms with Crippen LogP contribution in [0.3, 0.4) is 0 Å². The fourth-order valence-corrected chi connectivity index (χ4v) is 5.85. The minimum absolute atomic E-state index is 0.0517. The van der Waals surface area contributed by atoms with Gasteiger partial charge in [-0.1, -0.05) is 0 Å². The van der Waals surface area contributed by atoms with E-state index >= 15 is 0 Å². The summed E-state index contributed by atoms with van der Waals surface area (Å²) >= 11 is 0. The molecule has 36 heavy (non-hydrogen) atoms. The molecule has 2 N–H and O–H groups in total. The summed E-state index contributed by atoms with van der Waals surface area (Å²) in [5, 5.41) is 14.8. The molecule has 0 radical (unpaired) electrons. The maximum atomic E-state index is 13.9. The molecule has 1 saturated carbocycles. The van der Waals surface area contributed by atoms with E-state index in [9.17, 15) is 23.1 Å². The number of halogens is 3. The minimum atomic E-state index is -4.43. The molecular formula is C25H37F3N4O4. The van der Waals surface area contributed by atoms with E-state index in [1.807, 2.05) is 0 Å². The molecule has 1 aromatic heterocycles. The maximum absolute atomic E-state index is 13.9. The zero-order chi connectivity index (χ0) is 26.1. The highest BCUT2D eigenvalue weighted by Crippen LogP contribution is 2.48. The Morgan fingerprint density at radius 1 is 1.25 bits per heavy atom. The number of ether oxygens (including phenoxy) is 2. The van der Waals surface area contributed by atoms with Crippen molar-refractivity contribution in [3.05, 3.63) is 23.9 Å². The number of nitrogens with one attached hydrogen (secondary N) is 1. The Hall–Kier alpha value is -1.95. The molecule has 3 aliphatic rings. The number of nitrogens with zero attached hydrogens (tertiary/aromatic N) is 3. The van der Waals surface area contributed by atoms with Crippen molar-refractivity contribution in [3.63, 3.8) is 0 Å². The molecule has 4 rings (SSSR count). The quantitative estimate of drug-likeness (QED) is 0.603. The summed E-state index contributed by atoms with van der Waals surface area (Å²) in [7, 11) is 1.67. The summed E-state index contributed by atoms with van der Waals surface area (Å²) in [5.74, 6) is 0.162. The van der Waals surface area contributed by atoms with Crippen molar-refractivity contribution in [2.24, 2.45) is 5.41 Å². The number of pyridine rings is 1. The van der Waals surface area contributed by atoms with Gasteiger partial charge in [0.1, 0.15) is 5.82 Å². The van der Waals surface area contributed by atoms with Crippen LogP contribution in [0.4, 0.5) is 19.0 Å². The Labute approximate surface area is 210 Å². The van der Waals surface area contributed by atoms with Gasteiger partial charge in [-0.3, -0.25) is 4.79 Å². The van der Waals surface area contributed by atoms with Crippen LogP contribution in [0.5, 0.6) is 0 Å². The average Bonchev–Trinajstić information content (AvgIpc) is 3.29. The molecule has 2 aliphatic heterocycles. The van der Waals surface area contributed by atoms with E-state index in [0.29, 0.717) is 52.2 Å². The molecule has 0 aromatic carbocycles. The van der Waals surface area contributed by atoms with Gasteiger partial charge in [-0.15, -0.1) is 0 Å². The Kier molecular flexibility index (Phi) is 7.85. The summed E-state index contributed by atoms with van der Waals surface area (Å²) < 4.78 is 50.4. The minimum Gasteiger partial charge on any atom is -0.389 e. The second kappa shape index (κ2) is 10.4. The van der Waals surface area contributed by atoms with Crippen molar-refractivity contribution in [2.75, 3.05) is 51.4 Å². The standard InChI is InChI=1S/C25H37F3N4O4/c1-23(2,34)24(7-4-18(15-24)30-19-6-13-36-16-20(19)35-3)22(33)32-11-9-31(10-12-32)21-14-17(5-8-29-21)25(26,27)28/h5,8,14,18-20,30,34H,4,6-7,9-13,15-16H2,1-3H3/t18-,19?,20?,24+/m0/s1. The zero-order valence-electron chi connectivity index (χ0n) is 21.2. The van der Waals surface area contributed by atoms with Crippen LogP contribution in [0.15, 0.2) is 18.3 Å². The van der Waals surface area contributed by atoms with Gasteiger partial charge in [0, 0.05) is 58.2 Å². The number of anilines is 1. The SMILES string of the molecule is COC1COCCC1N[C@H]1CC[C@@](C(=O)N2CCN(c3cc(C(F)(F)F)ccn3)CC2)(C(C)(C)O)C1. The van der Waals surface area contributed by atoms with Gasteiger partial charge in [0.25, 0.3) is 0 Å². The van der Waals surface area contributed by atoms with E-state index in [-0.39, 0.29) is 29.9 Å². The molecule has 0 spiro atoms. The first-order chi connectivity index (χ1) is 16.9. The van der Waals surface area contributed by atoms with Gasteiger partial charge < -0.3 is 29.7 Å². The van der Waals surface area contributed by atoms with E-state index in [1.165, 1.54) is 0 Å². The van der Waals surface area contributed by atoms with Crippen molar-refractivity contribution in [1.29, 1.82) is 0 Å². The number of aromatic nitrogens is 1. The highest BCUT2D eigenvalue weighted by molar-refractivity contribution is 5.85. The van der Waals surface area contributed by atoms with Crippen LogP contribution in [0.25, 0.3) is 0 Å². The van der Waals surface area contributed by atoms with Crippen LogP contribution in [-0.4, -0.2) is 91.2 Å². The molecule has 0 bridgehead atoms. The predicted molar refractivity (Wildman–Crippen MR) is 128 cm³/mol. The second-order valence-corrected chi connectivity index (χ2v) is 10.7. The van der Waals surface area contributed by atoms with Gasteiger partial charge in [-0.25, -0.2) is 4.98 Å². The number of amides is 1. The van der Waals surface area contributed by atoms with E-state index in [0.717, 1.165) is 31.2 Å². The number of methoxy groups -OCH3 is 1. The summed E-state index contributed by atoms with van der Waals surface area (Å²) in [4.78, 5) is 21.5. The third kappa shape index (κ3) is 5.49. The number of hydrogen-bond acceptors (Lipinski definition) is 7. The molecule has 3 heterocycles. The number of piperazine rings is 1. The van der Waals surface area contributed by atoms with E-state index in [4.69, 9.17) is 9.47 Å². The second-order valence-electron chi connectivity index (χ2n) is 10.7. The first-order valence-electron chi connectivity index (χ1n) is 12.6. The number of alkyl halides is 3. The van der Waals surface area contributed by atoms with Crippen LogP contribution >= 0.6 is 0 Å². The third-order valence-electron chi connectivity index (χ3n) is 8.12. The Morgan fingerprint density at radius 3 is 2.61 bits per heavy atom. The summed E-state index contributed by atoms with van der Waals surface area (Å²) in [6.07, 6.45) is -0.667. The Bertz CT molecular complexity index is 917. The van der Waals surface area contributed by atoms with Crippen LogP contribution in [0.1, 0.15) is 45.1 Å². The predicted octanol–water partition coefficient (Wildman–Crippen LogP) is 2.45. The monoisotopic (exact) mass is 514 g/mol. The number of aliphatic hydroxyl groups is 1. The Balaban J connectivity index is 1.42. The van der Waals surface area contributed by atoms with E-state index < -0.39 is 22.8 Å². The van der Waals surface area contributed by atoms with E-state index in [1.54, 1.807) is 30.8 Å². The largest absolute Gasteiger partial charge is 0.416 e. The lowest BCUT2D eigenvalue weighted by Gasteiger charge is -2.45. The van der Waals surface area contributed by atoms with Crippen LogP contribution in [0.2, 0.25) is 0 Å². The molecule has 1 amide bonds. The number of carbonyl (C=O) groups excluding carboxylic acids is 1. The first-order valence-corrected chi connectivity index (χ1v) is 12.6. The first kappa shape index (κ1) is 27.1. The smallest absolute Gasteiger partial charge is 0.389 e. The van der Waals surface area contributed by atoms with Gasteiger partial charge in [-0.2, -0.15) is 13.2 Å². The third-order valence-corrected chi connectivity index (χ3v) is 8.12. The normalized spacial score (nSPS) is 30.0. The summed E-state index contributed by atoms with van der Waals surface area (Å²) in [5.41, 5.74) is -2.90. The zero-order valence-corrected chi connectivity index (χ0v) is 21.2. The topological polar surface area (TPSA) is 87.2 Å².